The third kappa shape index (κ3) is 4.36. The topological polar surface area (TPSA) is 68.0 Å². The molecule has 140 valence electrons. The SMILES string of the molecule is N#Cc1cc(-c2ccnc(Cc3ccccc3)n2)ccc1OC1CCOCC1. The van der Waals surface area contributed by atoms with Crippen LogP contribution in [0.25, 0.3) is 11.3 Å². The van der Waals surface area contributed by atoms with Crippen molar-refractivity contribution >= 4 is 0 Å². The number of nitrogens with zero attached hydrogens (tertiary/aromatic N) is 3. The molecule has 28 heavy (non-hydrogen) atoms. The fraction of sp³-hybridized carbons (Fsp3) is 0.261. The van der Waals surface area contributed by atoms with E-state index in [9.17, 15) is 5.26 Å². The Morgan fingerprint density at radius 3 is 2.68 bits per heavy atom. The van der Waals surface area contributed by atoms with Crippen molar-refractivity contribution in [2.45, 2.75) is 25.4 Å². The molecule has 1 saturated heterocycles. The summed E-state index contributed by atoms with van der Waals surface area (Å²) in [5, 5.41) is 9.58. The number of benzene rings is 2. The maximum absolute atomic E-state index is 9.58. The zero-order valence-corrected chi connectivity index (χ0v) is 15.5. The van der Waals surface area contributed by atoms with E-state index < -0.39 is 0 Å². The van der Waals surface area contributed by atoms with E-state index in [-0.39, 0.29) is 6.10 Å². The van der Waals surface area contributed by atoms with Gasteiger partial charge in [-0.15, -0.1) is 0 Å². The van der Waals surface area contributed by atoms with Crippen LogP contribution in [0.5, 0.6) is 5.75 Å². The lowest BCUT2D eigenvalue weighted by Crippen LogP contribution is -2.26. The Labute approximate surface area is 164 Å². The lowest BCUT2D eigenvalue weighted by Gasteiger charge is -2.23. The molecule has 0 atom stereocenters. The third-order valence-electron chi connectivity index (χ3n) is 4.77. The fourth-order valence-corrected chi connectivity index (χ4v) is 3.28. The van der Waals surface area contributed by atoms with Gasteiger partial charge in [-0.2, -0.15) is 5.26 Å². The van der Waals surface area contributed by atoms with Gasteiger partial charge in [0.1, 0.15) is 23.7 Å². The molecular weight excluding hydrogens is 350 g/mol. The van der Waals surface area contributed by atoms with E-state index in [2.05, 4.69) is 28.2 Å². The summed E-state index contributed by atoms with van der Waals surface area (Å²) in [7, 11) is 0. The van der Waals surface area contributed by atoms with Crippen LogP contribution < -0.4 is 4.74 Å². The van der Waals surface area contributed by atoms with Gasteiger partial charge in [0.25, 0.3) is 0 Å². The van der Waals surface area contributed by atoms with Crippen LogP contribution in [0.1, 0.15) is 29.8 Å². The Bertz CT molecular complexity index is 977. The lowest BCUT2D eigenvalue weighted by molar-refractivity contribution is 0.0254. The van der Waals surface area contributed by atoms with E-state index in [0.29, 0.717) is 30.9 Å². The standard InChI is InChI=1S/C23H21N3O2/c24-16-19-15-18(6-7-22(19)28-20-9-12-27-13-10-20)21-8-11-25-23(26-21)14-17-4-2-1-3-5-17/h1-8,11,15,20H,9-10,12-14H2. The van der Waals surface area contributed by atoms with Crippen molar-refractivity contribution in [1.29, 1.82) is 5.26 Å². The van der Waals surface area contributed by atoms with Crippen molar-refractivity contribution in [2.75, 3.05) is 13.2 Å². The van der Waals surface area contributed by atoms with Crippen molar-refractivity contribution in [3.8, 4) is 23.1 Å². The predicted octanol–water partition coefficient (Wildman–Crippen LogP) is 4.16. The van der Waals surface area contributed by atoms with Crippen LogP contribution in [-0.4, -0.2) is 29.3 Å². The van der Waals surface area contributed by atoms with Crippen molar-refractivity contribution in [3.05, 3.63) is 77.7 Å². The van der Waals surface area contributed by atoms with E-state index >= 15 is 0 Å². The molecule has 1 aromatic heterocycles. The molecule has 0 saturated carbocycles. The van der Waals surface area contributed by atoms with Gasteiger partial charge in [-0.3, -0.25) is 0 Å². The Morgan fingerprint density at radius 2 is 1.89 bits per heavy atom. The maximum atomic E-state index is 9.58. The summed E-state index contributed by atoms with van der Waals surface area (Å²) < 4.78 is 11.4. The summed E-state index contributed by atoms with van der Waals surface area (Å²) in [5.74, 6) is 1.38. The van der Waals surface area contributed by atoms with Crippen LogP contribution in [0.2, 0.25) is 0 Å². The molecule has 0 unspecified atom stereocenters. The molecule has 3 aromatic rings. The third-order valence-corrected chi connectivity index (χ3v) is 4.77. The molecule has 2 heterocycles. The Kier molecular flexibility index (Phi) is 5.60. The fourth-order valence-electron chi connectivity index (χ4n) is 3.28. The quantitative estimate of drug-likeness (QED) is 0.673. The number of hydrogen-bond donors (Lipinski definition) is 0. The van der Waals surface area contributed by atoms with Gasteiger partial charge in [-0.1, -0.05) is 30.3 Å². The highest BCUT2D eigenvalue weighted by Gasteiger charge is 2.17. The van der Waals surface area contributed by atoms with Gasteiger partial charge in [0, 0.05) is 31.0 Å². The van der Waals surface area contributed by atoms with Crippen LogP contribution in [0.4, 0.5) is 0 Å². The van der Waals surface area contributed by atoms with E-state index in [1.165, 1.54) is 0 Å². The highest BCUT2D eigenvalue weighted by Crippen LogP contribution is 2.27. The molecule has 1 fully saturated rings. The van der Waals surface area contributed by atoms with Crippen molar-refractivity contribution in [3.63, 3.8) is 0 Å². The molecule has 0 aliphatic carbocycles. The second kappa shape index (κ2) is 8.64. The Balaban J connectivity index is 1.55. The monoisotopic (exact) mass is 371 g/mol. The highest BCUT2D eigenvalue weighted by molar-refractivity contribution is 5.64. The number of nitriles is 1. The minimum absolute atomic E-state index is 0.100. The zero-order valence-electron chi connectivity index (χ0n) is 15.5. The first-order valence-corrected chi connectivity index (χ1v) is 9.46. The number of hydrogen-bond acceptors (Lipinski definition) is 5. The molecule has 5 nitrogen and oxygen atoms in total. The summed E-state index contributed by atoms with van der Waals surface area (Å²) in [6, 6.07) is 19.9. The smallest absolute Gasteiger partial charge is 0.137 e. The average Bonchev–Trinajstić information content (AvgIpc) is 2.76. The largest absolute Gasteiger partial charge is 0.489 e. The number of ether oxygens (including phenoxy) is 2. The summed E-state index contributed by atoms with van der Waals surface area (Å²) in [4.78, 5) is 9.07. The minimum Gasteiger partial charge on any atom is -0.489 e. The van der Waals surface area contributed by atoms with Crippen molar-refractivity contribution in [1.82, 2.24) is 9.97 Å². The van der Waals surface area contributed by atoms with E-state index in [1.54, 1.807) is 6.20 Å². The van der Waals surface area contributed by atoms with Gasteiger partial charge in [-0.05, 0) is 29.8 Å². The summed E-state index contributed by atoms with van der Waals surface area (Å²) >= 11 is 0. The van der Waals surface area contributed by atoms with Gasteiger partial charge < -0.3 is 9.47 Å². The average molecular weight is 371 g/mol. The molecule has 0 spiro atoms. The molecule has 0 radical (unpaired) electrons. The molecule has 0 amide bonds. The van der Waals surface area contributed by atoms with E-state index in [1.807, 2.05) is 42.5 Å². The normalized spacial score (nSPS) is 14.4. The molecule has 0 bridgehead atoms. The first-order chi connectivity index (χ1) is 13.8. The van der Waals surface area contributed by atoms with Gasteiger partial charge in [0.05, 0.1) is 24.5 Å². The van der Waals surface area contributed by atoms with E-state index in [4.69, 9.17) is 9.47 Å². The molecule has 4 rings (SSSR count). The Hall–Kier alpha value is -3.23. The van der Waals surface area contributed by atoms with Crippen LogP contribution >= 0.6 is 0 Å². The second-order valence-electron chi connectivity index (χ2n) is 6.77. The van der Waals surface area contributed by atoms with Gasteiger partial charge in [0.15, 0.2) is 0 Å². The first-order valence-electron chi connectivity index (χ1n) is 9.46. The predicted molar refractivity (Wildman–Crippen MR) is 106 cm³/mol. The summed E-state index contributed by atoms with van der Waals surface area (Å²) in [6.07, 6.45) is 4.23. The lowest BCUT2D eigenvalue weighted by atomic mass is 10.1. The molecule has 1 aliphatic rings. The maximum Gasteiger partial charge on any atom is 0.137 e. The highest BCUT2D eigenvalue weighted by atomic mass is 16.5. The van der Waals surface area contributed by atoms with Gasteiger partial charge in [-0.25, -0.2) is 9.97 Å². The van der Waals surface area contributed by atoms with Crippen molar-refractivity contribution < 1.29 is 9.47 Å². The minimum atomic E-state index is 0.100. The van der Waals surface area contributed by atoms with Crippen LogP contribution in [0, 0.1) is 11.3 Å². The number of aromatic nitrogens is 2. The second-order valence-corrected chi connectivity index (χ2v) is 6.77. The van der Waals surface area contributed by atoms with Crippen molar-refractivity contribution in [2.24, 2.45) is 0 Å². The molecule has 2 aromatic carbocycles. The molecule has 5 heteroatoms. The van der Waals surface area contributed by atoms with Gasteiger partial charge >= 0.3 is 0 Å². The zero-order chi connectivity index (χ0) is 19.2. The van der Waals surface area contributed by atoms with Crippen LogP contribution in [0.3, 0.4) is 0 Å². The molecule has 1 aliphatic heterocycles. The molecular formula is C23H21N3O2. The van der Waals surface area contributed by atoms with Gasteiger partial charge in [0.2, 0.25) is 0 Å². The first kappa shape index (κ1) is 18.1. The molecule has 0 N–H and O–H groups in total. The summed E-state index contributed by atoms with van der Waals surface area (Å²) in [6.45, 7) is 1.41. The van der Waals surface area contributed by atoms with Crippen LogP contribution in [0.15, 0.2) is 60.8 Å². The Morgan fingerprint density at radius 1 is 1.07 bits per heavy atom. The van der Waals surface area contributed by atoms with Crippen LogP contribution in [-0.2, 0) is 11.2 Å². The van der Waals surface area contributed by atoms with E-state index in [0.717, 1.165) is 35.5 Å². The summed E-state index contributed by atoms with van der Waals surface area (Å²) in [5.41, 5.74) is 3.37. The number of rotatable bonds is 5.